The summed E-state index contributed by atoms with van der Waals surface area (Å²) < 4.78 is 33.2. The molecule has 1 aliphatic heterocycles. The van der Waals surface area contributed by atoms with Gasteiger partial charge in [-0.25, -0.2) is 13.1 Å². The average molecular weight is 332 g/mol. The van der Waals surface area contributed by atoms with Crippen molar-refractivity contribution in [2.45, 2.75) is 38.1 Å². The maximum absolute atomic E-state index is 12.6. The van der Waals surface area contributed by atoms with Gasteiger partial charge in [0.05, 0.1) is 0 Å². The third-order valence-corrected chi connectivity index (χ3v) is 6.58. The van der Waals surface area contributed by atoms with E-state index in [0.29, 0.717) is 23.9 Å². The highest BCUT2D eigenvalue weighted by Gasteiger charge is 2.24. The van der Waals surface area contributed by atoms with E-state index in [1.807, 2.05) is 19.2 Å². The molecule has 1 aromatic rings. The summed E-state index contributed by atoms with van der Waals surface area (Å²) in [4.78, 5) is 1.34. The zero-order valence-corrected chi connectivity index (χ0v) is 14.3. The van der Waals surface area contributed by atoms with E-state index in [2.05, 4.69) is 10.0 Å². The molecule has 7 heteroatoms. The first kappa shape index (κ1) is 16.9. The molecule has 1 fully saturated rings. The van der Waals surface area contributed by atoms with Gasteiger partial charge in [0.25, 0.3) is 0 Å². The topological polar surface area (TPSA) is 67.4 Å². The molecule has 0 aromatic carbocycles. The second kappa shape index (κ2) is 7.69. The van der Waals surface area contributed by atoms with Crippen molar-refractivity contribution < 1.29 is 13.2 Å². The lowest BCUT2D eigenvalue weighted by atomic mass is 10.0. The lowest BCUT2D eigenvalue weighted by molar-refractivity contribution is 0.0678. The molecule has 21 heavy (non-hydrogen) atoms. The van der Waals surface area contributed by atoms with Crippen LogP contribution in [0.5, 0.6) is 0 Å². The first-order valence-corrected chi connectivity index (χ1v) is 9.76. The van der Waals surface area contributed by atoms with Crippen LogP contribution in [0.4, 0.5) is 0 Å². The molecule has 0 atom stereocenters. The summed E-state index contributed by atoms with van der Waals surface area (Å²) in [6.07, 6.45) is 1.85. The molecule has 2 rings (SSSR count). The number of nitrogens with one attached hydrogen (secondary N) is 2. The predicted molar refractivity (Wildman–Crippen MR) is 85.2 cm³/mol. The fourth-order valence-corrected chi connectivity index (χ4v) is 5.35. The van der Waals surface area contributed by atoms with Crippen LogP contribution in [-0.2, 0) is 21.3 Å². The minimum atomic E-state index is -3.43. The summed E-state index contributed by atoms with van der Waals surface area (Å²) in [6.45, 7) is 7.26. The Morgan fingerprint density at radius 3 is 2.76 bits per heavy atom. The van der Waals surface area contributed by atoms with E-state index in [1.54, 1.807) is 0 Å². The predicted octanol–water partition coefficient (Wildman–Crippen LogP) is 1.87. The molecule has 1 saturated heterocycles. The van der Waals surface area contributed by atoms with Gasteiger partial charge in [-0.15, -0.1) is 11.3 Å². The van der Waals surface area contributed by atoms with Crippen LogP contribution in [0.25, 0.3) is 0 Å². The van der Waals surface area contributed by atoms with Gasteiger partial charge in [0.1, 0.15) is 4.90 Å². The highest BCUT2D eigenvalue weighted by molar-refractivity contribution is 7.89. The molecule has 0 bridgehead atoms. The average Bonchev–Trinajstić information content (AvgIpc) is 2.86. The summed E-state index contributed by atoms with van der Waals surface area (Å²) in [5.74, 6) is 0.379. The van der Waals surface area contributed by atoms with Gasteiger partial charge in [-0.2, -0.15) is 0 Å². The Morgan fingerprint density at radius 1 is 1.38 bits per heavy atom. The molecule has 0 amide bonds. The Labute approximate surface area is 131 Å². The van der Waals surface area contributed by atoms with Gasteiger partial charge in [-0.3, -0.25) is 0 Å². The molecule has 0 aliphatic carbocycles. The van der Waals surface area contributed by atoms with Crippen LogP contribution in [0.1, 0.15) is 30.2 Å². The van der Waals surface area contributed by atoms with E-state index in [9.17, 15) is 8.42 Å². The number of sulfonamides is 1. The lowest BCUT2D eigenvalue weighted by Gasteiger charge is -2.22. The monoisotopic (exact) mass is 332 g/mol. The maximum Gasteiger partial charge on any atom is 0.241 e. The fourth-order valence-electron chi connectivity index (χ4n) is 2.46. The normalized spacial score (nSPS) is 17.2. The quantitative estimate of drug-likeness (QED) is 0.800. The van der Waals surface area contributed by atoms with Crippen molar-refractivity contribution in [2.24, 2.45) is 5.92 Å². The lowest BCUT2D eigenvalue weighted by Crippen LogP contribution is -2.33. The molecule has 5 nitrogen and oxygen atoms in total. The van der Waals surface area contributed by atoms with E-state index < -0.39 is 10.0 Å². The minimum absolute atomic E-state index is 0.379. The van der Waals surface area contributed by atoms with Crippen molar-refractivity contribution in [1.29, 1.82) is 0 Å². The SMILES string of the molecule is CCNCc1scc(C)c1S(=O)(=O)NCC1CCOCC1. The molecule has 120 valence electrons. The molecule has 0 radical (unpaired) electrons. The largest absolute Gasteiger partial charge is 0.381 e. The highest BCUT2D eigenvalue weighted by Crippen LogP contribution is 2.27. The van der Waals surface area contributed by atoms with Gasteiger partial charge in [-0.1, -0.05) is 6.92 Å². The van der Waals surface area contributed by atoms with Crippen molar-refractivity contribution in [2.75, 3.05) is 26.3 Å². The molecule has 0 spiro atoms. The summed E-state index contributed by atoms with van der Waals surface area (Å²) in [5, 5.41) is 5.11. The van der Waals surface area contributed by atoms with Crippen LogP contribution in [-0.4, -0.2) is 34.7 Å². The molecular weight excluding hydrogens is 308 g/mol. The summed E-state index contributed by atoms with van der Waals surface area (Å²) in [5.41, 5.74) is 0.826. The van der Waals surface area contributed by atoms with Crippen molar-refractivity contribution in [3.8, 4) is 0 Å². The van der Waals surface area contributed by atoms with Gasteiger partial charge >= 0.3 is 0 Å². The maximum atomic E-state index is 12.6. The van der Waals surface area contributed by atoms with Crippen LogP contribution in [0.3, 0.4) is 0 Å². The van der Waals surface area contributed by atoms with Gasteiger partial charge in [0.15, 0.2) is 0 Å². The second-order valence-electron chi connectivity index (χ2n) is 5.36. The van der Waals surface area contributed by atoms with Crippen LogP contribution >= 0.6 is 11.3 Å². The first-order chi connectivity index (χ1) is 10.0. The Balaban J connectivity index is 2.05. The zero-order chi connectivity index (χ0) is 15.3. The van der Waals surface area contributed by atoms with Gasteiger partial charge < -0.3 is 10.1 Å². The molecule has 2 heterocycles. The molecular formula is C14H24N2O3S2. The smallest absolute Gasteiger partial charge is 0.241 e. The zero-order valence-electron chi connectivity index (χ0n) is 12.6. The number of ether oxygens (including phenoxy) is 1. The van der Waals surface area contributed by atoms with E-state index in [-0.39, 0.29) is 0 Å². The Morgan fingerprint density at radius 2 is 2.10 bits per heavy atom. The number of rotatable bonds is 7. The fraction of sp³-hybridized carbons (Fsp3) is 0.714. The summed E-state index contributed by atoms with van der Waals surface area (Å²) in [6, 6.07) is 0. The molecule has 0 unspecified atom stereocenters. The number of aryl methyl sites for hydroxylation is 1. The van der Waals surface area contributed by atoms with E-state index in [0.717, 1.165) is 43.0 Å². The van der Waals surface area contributed by atoms with Gasteiger partial charge in [0, 0.05) is 31.2 Å². The van der Waals surface area contributed by atoms with Crippen molar-refractivity contribution >= 4 is 21.4 Å². The Hall–Kier alpha value is -0.470. The third-order valence-electron chi connectivity index (χ3n) is 3.70. The summed E-state index contributed by atoms with van der Waals surface area (Å²) >= 11 is 1.50. The van der Waals surface area contributed by atoms with Crippen LogP contribution < -0.4 is 10.0 Å². The van der Waals surface area contributed by atoms with Crippen molar-refractivity contribution in [3.05, 3.63) is 15.8 Å². The van der Waals surface area contributed by atoms with Crippen LogP contribution in [0.2, 0.25) is 0 Å². The van der Waals surface area contributed by atoms with E-state index in [4.69, 9.17) is 4.74 Å². The van der Waals surface area contributed by atoms with Crippen LogP contribution in [0.15, 0.2) is 10.3 Å². The molecule has 0 saturated carbocycles. The molecule has 1 aliphatic rings. The summed E-state index contributed by atoms with van der Waals surface area (Å²) in [7, 11) is -3.43. The number of thiophene rings is 1. The molecule has 2 N–H and O–H groups in total. The van der Waals surface area contributed by atoms with E-state index >= 15 is 0 Å². The second-order valence-corrected chi connectivity index (χ2v) is 8.03. The first-order valence-electron chi connectivity index (χ1n) is 7.39. The standard InChI is InChI=1S/C14H24N2O3S2/c1-3-15-9-13-14(11(2)10-20-13)21(17,18)16-8-12-4-6-19-7-5-12/h10,12,15-16H,3-9H2,1-2H3. The van der Waals surface area contributed by atoms with Crippen LogP contribution in [0, 0.1) is 12.8 Å². The van der Waals surface area contributed by atoms with E-state index in [1.165, 1.54) is 11.3 Å². The minimum Gasteiger partial charge on any atom is -0.381 e. The van der Waals surface area contributed by atoms with Crippen molar-refractivity contribution in [3.63, 3.8) is 0 Å². The van der Waals surface area contributed by atoms with Gasteiger partial charge in [-0.05, 0) is 43.2 Å². The number of hydrogen-bond donors (Lipinski definition) is 2. The Bertz CT molecular complexity index is 549. The molecule has 1 aromatic heterocycles. The Kier molecular flexibility index (Phi) is 6.19. The number of hydrogen-bond acceptors (Lipinski definition) is 5. The van der Waals surface area contributed by atoms with Gasteiger partial charge in [0.2, 0.25) is 10.0 Å². The third kappa shape index (κ3) is 4.50. The van der Waals surface area contributed by atoms with Crippen molar-refractivity contribution in [1.82, 2.24) is 10.0 Å². The highest BCUT2D eigenvalue weighted by atomic mass is 32.2.